The van der Waals surface area contributed by atoms with Crippen molar-refractivity contribution in [1.29, 1.82) is 0 Å². The van der Waals surface area contributed by atoms with Gasteiger partial charge in [-0.2, -0.15) is 0 Å². The smallest absolute Gasteiger partial charge is 0.142 e. The van der Waals surface area contributed by atoms with Crippen molar-refractivity contribution in [3.05, 3.63) is 21.2 Å². The molecule has 2 heterocycles. The molecule has 5 heteroatoms. The summed E-state index contributed by atoms with van der Waals surface area (Å²) in [7, 11) is 0. The van der Waals surface area contributed by atoms with Crippen LogP contribution in [0.1, 0.15) is 12.8 Å². The molecule has 2 nitrogen and oxygen atoms in total. The largest absolute Gasteiger partial charge is 0.356 e. The normalized spacial score (nSPS) is 17.8. The molecule has 2 rings (SSSR count). The first-order valence-electron chi connectivity index (χ1n) is 5.32. The van der Waals surface area contributed by atoms with Crippen LogP contribution >= 0.6 is 43.5 Å². The first kappa shape index (κ1) is 12.7. The zero-order valence-electron chi connectivity index (χ0n) is 8.80. The van der Waals surface area contributed by atoms with Gasteiger partial charge < -0.3 is 4.90 Å². The molecule has 16 heavy (non-hydrogen) atoms. The van der Waals surface area contributed by atoms with Crippen LogP contribution in [0.15, 0.2) is 21.2 Å². The maximum atomic E-state index is 5.88. The zero-order valence-corrected chi connectivity index (χ0v) is 12.7. The summed E-state index contributed by atoms with van der Waals surface area (Å²) in [5.74, 6) is 2.49. The predicted octanol–water partition coefficient (Wildman–Crippen LogP) is 4.06. The first-order chi connectivity index (χ1) is 7.70. The average Bonchev–Trinajstić information content (AvgIpc) is 2.29. The van der Waals surface area contributed by atoms with E-state index in [4.69, 9.17) is 11.6 Å². The number of piperidine rings is 1. The van der Waals surface area contributed by atoms with Crippen LogP contribution in [0.4, 0.5) is 5.82 Å². The molecule has 1 aromatic heterocycles. The molecule has 1 saturated heterocycles. The van der Waals surface area contributed by atoms with Gasteiger partial charge in [-0.25, -0.2) is 4.98 Å². The standard InChI is InChI=1S/C11H13Br2ClN2/c12-9-5-10(13)11(15-7-9)16-3-1-8(6-14)2-4-16/h5,7-8H,1-4,6H2. The molecule has 1 fully saturated rings. The average molecular weight is 369 g/mol. The van der Waals surface area contributed by atoms with E-state index in [0.717, 1.165) is 46.6 Å². The van der Waals surface area contributed by atoms with Gasteiger partial charge in [0.05, 0.1) is 4.47 Å². The Morgan fingerprint density at radius 1 is 1.38 bits per heavy atom. The molecule has 1 aliphatic heterocycles. The maximum absolute atomic E-state index is 5.88. The lowest BCUT2D eigenvalue weighted by Gasteiger charge is -2.32. The van der Waals surface area contributed by atoms with E-state index < -0.39 is 0 Å². The number of pyridine rings is 1. The Morgan fingerprint density at radius 2 is 2.06 bits per heavy atom. The van der Waals surface area contributed by atoms with Gasteiger partial charge in [0.25, 0.3) is 0 Å². The molecule has 1 aliphatic rings. The van der Waals surface area contributed by atoms with Crippen molar-refractivity contribution < 1.29 is 0 Å². The van der Waals surface area contributed by atoms with Crippen LogP contribution in [-0.4, -0.2) is 24.0 Å². The number of nitrogens with zero attached hydrogens (tertiary/aromatic N) is 2. The number of alkyl halides is 1. The highest BCUT2D eigenvalue weighted by molar-refractivity contribution is 9.11. The molecule has 0 amide bonds. The third-order valence-electron chi connectivity index (χ3n) is 2.92. The fourth-order valence-corrected chi connectivity index (χ4v) is 3.49. The Morgan fingerprint density at radius 3 is 2.62 bits per heavy atom. The topological polar surface area (TPSA) is 16.1 Å². The van der Waals surface area contributed by atoms with Gasteiger partial charge in [0.15, 0.2) is 0 Å². The molecule has 0 spiro atoms. The number of hydrogen-bond donors (Lipinski definition) is 0. The Hall–Kier alpha value is 0.200. The Bertz CT molecular complexity index is 365. The highest BCUT2D eigenvalue weighted by Gasteiger charge is 2.20. The molecule has 0 unspecified atom stereocenters. The van der Waals surface area contributed by atoms with Crippen molar-refractivity contribution in [2.45, 2.75) is 12.8 Å². The van der Waals surface area contributed by atoms with Gasteiger partial charge in [0.2, 0.25) is 0 Å². The summed E-state index contributed by atoms with van der Waals surface area (Å²) in [6, 6.07) is 2.04. The summed E-state index contributed by atoms with van der Waals surface area (Å²) < 4.78 is 2.05. The molecule has 0 saturated carbocycles. The van der Waals surface area contributed by atoms with E-state index in [1.807, 2.05) is 12.3 Å². The first-order valence-corrected chi connectivity index (χ1v) is 7.44. The van der Waals surface area contributed by atoms with E-state index in [1.165, 1.54) is 0 Å². The minimum absolute atomic E-state index is 0.673. The van der Waals surface area contributed by atoms with Crippen LogP contribution in [-0.2, 0) is 0 Å². The van der Waals surface area contributed by atoms with Gasteiger partial charge in [-0.3, -0.25) is 0 Å². The minimum atomic E-state index is 0.673. The monoisotopic (exact) mass is 366 g/mol. The fraction of sp³-hybridized carbons (Fsp3) is 0.545. The summed E-state index contributed by atoms with van der Waals surface area (Å²) in [5, 5.41) is 0. The number of rotatable bonds is 2. The van der Waals surface area contributed by atoms with Crippen LogP contribution in [0.5, 0.6) is 0 Å². The van der Waals surface area contributed by atoms with E-state index in [1.54, 1.807) is 0 Å². The van der Waals surface area contributed by atoms with E-state index >= 15 is 0 Å². The van der Waals surface area contributed by atoms with Gasteiger partial charge in [0.1, 0.15) is 5.82 Å². The fourth-order valence-electron chi connectivity index (χ4n) is 1.94. The lowest BCUT2D eigenvalue weighted by atomic mass is 9.99. The second-order valence-corrected chi connectivity index (χ2v) is 6.12. The zero-order chi connectivity index (χ0) is 11.5. The third-order valence-corrected chi connectivity index (χ3v) is 4.37. The highest BCUT2D eigenvalue weighted by Crippen LogP contribution is 2.30. The molecule has 0 bridgehead atoms. The van der Waals surface area contributed by atoms with E-state index in [2.05, 4.69) is 41.7 Å². The summed E-state index contributed by atoms with van der Waals surface area (Å²) in [6.45, 7) is 2.09. The predicted molar refractivity (Wildman–Crippen MR) is 75.3 cm³/mol. The summed E-state index contributed by atoms with van der Waals surface area (Å²) in [6.07, 6.45) is 4.16. The van der Waals surface area contributed by atoms with Crippen LogP contribution in [0.3, 0.4) is 0 Å². The van der Waals surface area contributed by atoms with Crippen molar-refractivity contribution in [3.8, 4) is 0 Å². The SMILES string of the molecule is ClCC1CCN(c2ncc(Br)cc2Br)CC1. The van der Waals surface area contributed by atoms with Crippen molar-refractivity contribution in [2.75, 3.05) is 23.9 Å². The summed E-state index contributed by atoms with van der Waals surface area (Å²) in [4.78, 5) is 6.77. The molecule has 0 radical (unpaired) electrons. The van der Waals surface area contributed by atoms with Gasteiger partial charge in [-0.05, 0) is 56.7 Å². The minimum Gasteiger partial charge on any atom is -0.356 e. The number of halogens is 3. The van der Waals surface area contributed by atoms with Crippen molar-refractivity contribution in [1.82, 2.24) is 4.98 Å². The molecule has 0 atom stereocenters. The van der Waals surface area contributed by atoms with Crippen LogP contribution in [0, 0.1) is 5.92 Å². The lowest BCUT2D eigenvalue weighted by Crippen LogP contribution is -2.34. The molecule has 0 N–H and O–H groups in total. The van der Waals surface area contributed by atoms with Gasteiger partial charge in [-0.15, -0.1) is 11.6 Å². The van der Waals surface area contributed by atoms with E-state index in [0.29, 0.717) is 5.92 Å². The Kier molecular flexibility index (Phi) is 4.50. The number of hydrogen-bond acceptors (Lipinski definition) is 2. The molecule has 0 aliphatic carbocycles. The van der Waals surface area contributed by atoms with Gasteiger partial charge in [0, 0.05) is 29.6 Å². The number of anilines is 1. The maximum Gasteiger partial charge on any atom is 0.142 e. The molecule has 88 valence electrons. The molecular formula is C11H13Br2ClN2. The molecule has 1 aromatic rings. The third kappa shape index (κ3) is 2.90. The summed E-state index contributed by atoms with van der Waals surface area (Å²) >= 11 is 12.8. The lowest BCUT2D eigenvalue weighted by molar-refractivity contribution is 0.440. The quantitative estimate of drug-likeness (QED) is 0.732. The van der Waals surface area contributed by atoms with E-state index in [9.17, 15) is 0 Å². The molecule has 0 aromatic carbocycles. The van der Waals surface area contributed by atoms with Gasteiger partial charge in [-0.1, -0.05) is 0 Å². The van der Waals surface area contributed by atoms with Crippen LogP contribution in [0.2, 0.25) is 0 Å². The summed E-state index contributed by atoms with van der Waals surface area (Å²) in [5.41, 5.74) is 0. The Labute approximate surface area is 118 Å². The van der Waals surface area contributed by atoms with Crippen molar-refractivity contribution in [2.24, 2.45) is 5.92 Å². The van der Waals surface area contributed by atoms with Crippen molar-refractivity contribution in [3.63, 3.8) is 0 Å². The van der Waals surface area contributed by atoms with Gasteiger partial charge >= 0.3 is 0 Å². The second-order valence-electron chi connectivity index (χ2n) is 4.04. The van der Waals surface area contributed by atoms with E-state index in [-0.39, 0.29) is 0 Å². The van der Waals surface area contributed by atoms with Crippen LogP contribution < -0.4 is 4.90 Å². The van der Waals surface area contributed by atoms with Crippen molar-refractivity contribution >= 4 is 49.3 Å². The molecular weight excluding hydrogens is 355 g/mol. The highest BCUT2D eigenvalue weighted by atomic mass is 79.9. The second kappa shape index (κ2) is 5.69. The Balaban J connectivity index is 2.08. The van der Waals surface area contributed by atoms with Crippen LogP contribution in [0.25, 0.3) is 0 Å². The number of aromatic nitrogens is 1.